The number of aromatic nitrogens is 1. The minimum absolute atomic E-state index is 0.749. The van der Waals surface area contributed by atoms with Crippen molar-refractivity contribution in [1.82, 2.24) is 4.98 Å². The molecule has 0 unspecified atom stereocenters. The fourth-order valence-corrected chi connectivity index (χ4v) is 4.56. The monoisotopic (exact) mass is 344 g/mol. The van der Waals surface area contributed by atoms with Gasteiger partial charge in [0.1, 0.15) is 5.01 Å². The number of halogens is 1. The lowest BCUT2D eigenvalue weighted by Crippen LogP contribution is -1.87. The predicted octanol–water partition coefficient (Wildman–Crippen LogP) is 6.08. The highest BCUT2D eigenvalue weighted by molar-refractivity contribution is 8.03. The fraction of sp³-hybridized carbons (Fsp3) is 0.118. The predicted molar refractivity (Wildman–Crippen MR) is 98.0 cm³/mol. The van der Waals surface area contributed by atoms with Crippen molar-refractivity contribution in [3.63, 3.8) is 0 Å². The maximum Gasteiger partial charge on any atom is 0.119 e. The van der Waals surface area contributed by atoms with Crippen LogP contribution in [0.1, 0.15) is 16.1 Å². The first-order valence-corrected chi connectivity index (χ1v) is 8.93. The third kappa shape index (κ3) is 2.51. The Morgan fingerprint density at radius 1 is 1.14 bits per heavy atom. The quantitative estimate of drug-likeness (QED) is 0.578. The summed E-state index contributed by atoms with van der Waals surface area (Å²) in [5, 5.41) is 6.26. The molecule has 0 spiro atoms. The van der Waals surface area contributed by atoms with E-state index in [-0.39, 0.29) is 0 Å². The number of nitrogens with one attached hydrogen (secondary N) is 1. The first-order valence-electron chi connectivity index (χ1n) is 6.92. The molecule has 0 atom stereocenters. The van der Waals surface area contributed by atoms with Crippen LogP contribution in [0.2, 0.25) is 5.02 Å². The average Bonchev–Trinajstić information content (AvgIpc) is 3.02. The second kappa shape index (κ2) is 5.30. The molecule has 1 N–H and O–H groups in total. The van der Waals surface area contributed by atoms with E-state index in [1.54, 1.807) is 23.1 Å². The summed E-state index contributed by atoms with van der Waals surface area (Å²) in [6, 6.07) is 10.3. The van der Waals surface area contributed by atoms with Gasteiger partial charge < -0.3 is 5.32 Å². The summed E-state index contributed by atoms with van der Waals surface area (Å²) in [7, 11) is 0. The third-order valence-electron chi connectivity index (χ3n) is 3.69. The lowest BCUT2D eigenvalue weighted by Gasteiger charge is -1.97. The molecule has 0 aliphatic carbocycles. The summed E-state index contributed by atoms with van der Waals surface area (Å²) in [5.74, 6) is 0. The molecule has 2 nitrogen and oxygen atoms in total. The van der Waals surface area contributed by atoms with Crippen LogP contribution in [0.25, 0.3) is 16.3 Å². The largest absolute Gasteiger partial charge is 0.349 e. The summed E-state index contributed by atoms with van der Waals surface area (Å²) >= 11 is 9.47. The first-order chi connectivity index (χ1) is 10.6. The van der Waals surface area contributed by atoms with Crippen molar-refractivity contribution in [3.05, 3.63) is 56.5 Å². The minimum atomic E-state index is 0.749. The Kier molecular flexibility index (Phi) is 3.40. The molecule has 0 saturated heterocycles. The highest BCUT2D eigenvalue weighted by Crippen LogP contribution is 2.43. The van der Waals surface area contributed by atoms with Crippen LogP contribution >= 0.6 is 34.7 Å². The third-order valence-corrected chi connectivity index (χ3v) is 5.91. The van der Waals surface area contributed by atoms with Crippen molar-refractivity contribution in [3.8, 4) is 0 Å². The zero-order valence-corrected chi connectivity index (χ0v) is 14.5. The van der Waals surface area contributed by atoms with Gasteiger partial charge in [0.05, 0.1) is 20.9 Å². The van der Waals surface area contributed by atoms with E-state index in [1.807, 2.05) is 18.2 Å². The van der Waals surface area contributed by atoms with Gasteiger partial charge in [-0.25, -0.2) is 4.98 Å². The van der Waals surface area contributed by atoms with Crippen molar-refractivity contribution in [2.75, 3.05) is 5.32 Å². The first kappa shape index (κ1) is 14.1. The van der Waals surface area contributed by atoms with Crippen molar-refractivity contribution in [2.45, 2.75) is 18.7 Å². The fourth-order valence-electron chi connectivity index (χ4n) is 2.40. The molecule has 5 heteroatoms. The van der Waals surface area contributed by atoms with Crippen LogP contribution in [-0.2, 0) is 0 Å². The molecule has 0 radical (unpaired) electrons. The summed E-state index contributed by atoms with van der Waals surface area (Å²) in [5.41, 5.74) is 4.73. The zero-order valence-electron chi connectivity index (χ0n) is 12.1. The lowest BCUT2D eigenvalue weighted by molar-refractivity contribution is 1.35. The van der Waals surface area contributed by atoms with Crippen LogP contribution in [-0.4, -0.2) is 4.98 Å². The standard InChI is InChI=1S/C17H13ClN2S2/c1-9-5-12-15(6-10(9)2)22-17(19-12)8-16-20-13-7-11(18)3-4-14(13)21-16/h3-8,20H,1-2H3/b16-8-. The topological polar surface area (TPSA) is 24.9 Å². The molecule has 1 aliphatic heterocycles. The van der Waals surface area contributed by atoms with E-state index in [4.69, 9.17) is 16.6 Å². The molecule has 1 aliphatic rings. The summed E-state index contributed by atoms with van der Waals surface area (Å²) < 4.78 is 1.23. The number of nitrogens with zero attached hydrogens (tertiary/aromatic N) is 1. The maximum atomic E-state index is 6.04. The molecule has 110 valence electrons. The van der Waals surface area contributed by atoms with E-state index in [0.29, 0.717) is 0 Å². The number of thiazole rings is 1. The summed E-state index contributed by atoms with van der Waals surface area (Å²) in [6.07, 6.45) is 2.11. The number of aryl methyl sites for hydroxylation is 2. The number of hydrogen-bond donors (Lipinski definition) is 1. The molecular weight excluding hydrogens is 332 g/mol. The van der Waals surface area contributed by atoms with Gasteiger partial charge in [-0.2, -0.15) is 0 Å². The zero-order chi connectivity index (χ0) is 15.3. The van der Waals surface area contributed by atoms with Gasteiger partial charge in [0.15, 0.2) is 0 Å². The van der Waals surface area contributed by atoms with Gasteiger partial charge in [0, 0.05) is 16.0 Å². The van der Waals surface area contributed by atoms with Gasteiger partial charge in [0.2, 0.25) is 0 Å². The Bertz CT molecular complexity index is 889. The van der Waals surface area contributed by atoms with Crippen molar-refractivity contribution in [1.29, 1.82) is 0 Å². The van der Waals surface area contributed by atoms with E-state index in [1.165, 1.54) is 20.7 Å². The van der Waals surface area contributed by atoms with E-state index in [0.717, 1.165) is 26.3 Å². The van der Waals surface area contributed by atoms with Gasteiger partial charge >= 0.3 is 0 Å². The molecule has 2 aromatic carbocycles. The summed E-state index contributed by atoms with van der Waals surface area (Å²) in [6.45, 7) is 4.27. The summed E-state index contributed by atoms with van der Waals surface area (Å²) in [4.78, 5) is 5.92. The minimum Gasteiger partial charge on any atom is -0.349 e. The Morgan fingerprint density at radius 3 is 2.82 bits per heavy atom. The number of benzene rings is 2. The smallest absolute Gasteiger partial charge is 0.119 e. The Morgan fingerprint density at radius 2 is 1.95 bits per heavy atom. The lowest BCUT2D eigenvalue weighted by atomic mass is 10.1. The van der Waals surface area contributed by atoms with Crippen LogP contribution in [0.3, 0.4) is 0 Å². The van der Waals surface area contributed by atoms with Gasteiger partial charge in [-0.05, 0) is 55.3 Å². The van der Waals surface area contributed by atoms with Crippen LogP contribution in [0.4, 0.5) is 5.69 Å². The van der Waals surface area contributed by atoms with E-state index in [2.05, 4.69) is 37.4 Å². The maximum absolute atomic E-state index is 6.04. The number of hydrogen-bond acceptors (Lipinski definition) is 4. The van der Waals surface area contributed by atoms with Crippen LogP contribution < -0.4 is 5.32 Å². The van der Waals surface area contributed by atoms with Crippen molar-refractivity contribution in [2.24, 2.45) is 0 Å². The Balaban J connectivity index is 1.69. The number of anilines is 1. The second-order valence-electron chi connectivity index (χ2n) is 5.33. The molecule has 0 fully saturated rings. The van der Waals surface area contributed by atoms with Crippen LogP contribution in [0, 0.1) is 13.8 Å². The molecule has 1 aromatic heterocycles. The SMILES string of the molecule is Cc1cc2nc(/C=C3/Nc4cc(Cl)ccc4S3)sc2cc1C. The second-order valence-corrected chi connectivity index (χ2v) is 7.91. The van der Waals surface area contributed by atoms with Gasteiger partial charge in [-0.1, -0.05) is 23.4 Å². The van der Waals surface area contributed by atoms with E-state index in [9.17, 15) is 0 Å². The molecule has 2 heterocycles. The molecule has 0 saturated carbocycles. The molecular formula is C17H13ClN2S2. The number of fused-ring (bicyclic) bond motifs is 2. The number of rotatable bonds is 1. The normalized spacial score (nSPS) is 15.3. The highest BCUT2D eigenvalue weighted by atomic mass is 35.5. The van der Waals surface area contributed by atoms with E-state index >= 15 is 0 Å². The molecule has 4 rings (SSSR count). The van der Waals surface area contributed by atoms with Crippen molar-refractivity contribution < 1.29 is 0 Å². The molecule has 0 amide bonds. The Labute approximate surface area is 142 Å². The highest BCUT2D eigenvalue weighted by Gasteiger charge is 2.16. The molecule has 0 bridgehead atoms. The van der Waals surface area contributed by atoms with Crippen molar-refractivity contribution >= 4 is 56.7 Å². The van der Waals surface area contributed by atoms with Crippen LogP contribution in [0.5, 0.6) is 0 Å². The number of thioether (sulfide) groups is 1. The van der Waals surface area contributed by atoms with Crippen LogP contribution in [0.15, 0.2) is 40.3 Å². The average molecular weight is 345 g/mol. The van der Waals surface area contributed by atoms with Gasteiger partial charge in [0.25, 0.3) is 0 Å². The van der Waals surface area contributed by atoms with Gasteiger partial charge in [-0.15, -0.1) is 11.3 Å². The van der Waals surface area contributed by atoms with E-state index < -0.39 is 0 Å². The Hall–Kier alpha value is -1.49. The van der Waals surface area contributed by atoms with Gasteiger partial charge in [-0.3, -0.25) is 0 Å². The molecule has 22 heavy (non-hydrogen) atoms. The molecule has 3 aromatic rings.